The summed E-state index contributed by atoms with van der Waals surface area (Å²) in [5.41, 5.74) is 0. The molecule has 1 amide bonds. The first-order valence-electron chi connectivity index (χ1n) is 5.87. The molecule has 0 radical (unpaired) electrons. The zero-order valence-electron chi connectivity index (χ0n) is 11.1. The lowest BCUT2D eigenvalue weighted by Crippen LogP contribution is -2.34. The molecule has 0 fully saturated rings. The number of carbonyl (C=O) groups excluding carboxylic acids is 1. The Morgan fingerprint density at radius 1 is 1.24 bits per heavy atom. The molecule has 6 nitrogen and oxygen atoms in total. The average molecular weight is 327 g/mol. The number of carbonyl (C=O) groups is 1. The second kappa shape index (κ2) is 6.59. The summed E-state index contributed by atoms with van der Waals surface area (Å²) >= 11 is 1.03. The minimum atomic E-state index is -3.82. The minimum absolute atomic E-state index is 0.0808. The minimum Gasteiger partial charge on any atom is -0.497 e. The Labute approximate surface area is 126 Å². The third-order valence-electron chi connectivity index (χ3n) is 2.42. The predicted molar refractivity (Wildman–Crippen MR) is 78.1 cm³/mol. The average Bonchev–Trinajstić information content (AvgIpc) is 3.00. The van der Waals surface area contributed by atoms with Crippen LogP contribution in [0.25, 0.3) is 0 Å². The monoisotopic (exact) mass is 327 g/mol. The second-order valence-corrected chi connectivity index (χ2v) is 6.79. The molecule has 0 aliphatic rings. The Morgan fingerprint density at radius 2 is 2.00 bits per heavy atom. The topological polar surface area (TPSA) is 81.7 Å². The van der Waals surface area contributed by atoms with Gasteiger partial charge in [0.25, 0.3) is 15.9 Å². The molecule has 0 aliphatic carbocycles. The molecule has 112 valence electrons. The van der Waals surface area contributed by atoms with Gasteiger partial charge in [0, 0.05) is 6.07 Å². The molecule has 0 atom stereocenters. The highest BCUT2D eigenvalue weighted by atomic mass is 32.2. The first-order valence-corrected chi connectivity index (χ1v) is 8.23. The van der Waals surface area contributed by atoms with Crippen LogP contribution < -0.4 is 14.2 Å². The molecule has 2 aromatic rings. The van der Waals surface area contributed by atoms with E-state index < -0.39 is 22.5 Å². The fraction of sp³-hybridized carbons (Fsp3) is 0.154. The van der Waals surface area contributed by atoms with Crippen molar-refractivity contribution in [1.29, 1.82) is 0 Å². The molecule has 1 N–H and O–H groups in total. The highest BCUT2D eigenvalue weighted by Gasteiger charge is 2.18. The van der Waals surface area contributed by atoms with E-state index in [4.69, 9.17) is 9.47 Å². The smallest absolute Gasteiger partial charge is 0.273 e. The normalized spacial score (nSPS) is 10.9. The van der Waals surface area contributed by atoms with Gasteiger partial charge in [0.05, 0.1) is 7.11 Å². The first kappa shape index (κ1) is 15.3. The maximum atomic E-state index is 11.8. The van der Waals surface area contributed by atoms with E-state index in [1.165, 1.54) is 13.2 Å². The number of hydrogen-bond acceptors (Lipinski definition) is 6. The number of amides is 1. The lowest BCUT2D eigenvalue weighted by atomic mass is 10.3. The van der Waals surface area contributed by atoms with Crippen LogP contribution in [-0.4, -0.2) is 28.0 Å². The molecule has 0 bridgehead atoms. The van der Waals surface area contributed by atoms with Crippen molar-refractivity contribution < 1.29 is 22.7 Å². The molecular formula is C13H13NO5S2. The number of methoxy groups -OCH3 is 1. The fourth-order valence-corrected chi connectivity index (χ4v) is 3.45. The van der Waals surface area contributed by atoms with Crippen LogP contribution in [-0.2, 0) is 14.8 Å². The number of hydrogen-bond donors (Lipinski definition) is 1. The summed E-state index contributed by atoms with van der Waals surface area (Å²) in [6, 6.07) is 9.69. The van der Waals surface area contributed by atoms with Crippen LogP contribution in [0.5, 0.6) is 11.5 Å². The zero-order valence-corrected chi connectivity index (χ0v) is 12.7. The van der Waals surface area contributed by atoms with E-state index >= 15 is 0 Å². The van der Waals surface area contributed by atoms with Crippen molar-refractivity contribution in [2.24, 2.45) is 0 Å². The quantitative estimate of drug-likeness (QED) is 0.872. The van der Waals surface area contributed by atoms with Crippen LogP contribution in [0.15, 0.2) is 46.0 Å². The van der Waals surface area contributed by atoms with Crippen molar-refractivity contribution in [3.05, 3.63) is 41.8 Å². The summed E-state index contributed by atoms with van der Waals surface area (Å²) in [4.78, 5) is 11.6. The Bertz CT molecular complexity index is 710. The van der Waals surface area contributed by atoms with Gasteiger partial charge in [-0.1, -0.05) is 12.1 Å². The molecule has 2 rings (SSSR count). The second-order valence-electron chi connectivity index (χ2n) is 3.93. The van der Waals surface area contributed by atoms with Gasteiger partial charge < -0.3 is 9.47 Å². The molecule has 21 heavy (non-hydrogen) atoms. The van der Waals surface area contributed by atoms with Gasteiger partial charge in [0.1, 0.15) is 15.7 Å². The van der Waals surface area contributed by atoms with Gasteiger partial charge in [0.15, 0.2) is 6.61 Å². The predicted octanol–water partition coefficient (Wildman–Crippen LogP) is 1.64. The van der Waals surface area contributed by atoms with Crippen LogP contribution in [0.2, 0.25) is 0 Å². The van der Waals surface area contributed by atoms with Gasteiger partial charge in [0.2, 0.25) is 0 Å². The first-order chi connectivity index (χ1) is 10.0. The summed E-state index contributed by atoms with van der Waals surface area (Å²) in [6.07, 6.45) is 0. The maximum absolute atomic E-state index is 11.8. The van der Waals surface area contributed by atoms with Gasteiger partial charge >= 0.3 is 0 Å². The van der Waals surface area contributed by atoms with E-state index in [1.54, 1.807) is 35.7 Å². The van der Waals surface area contributed by atoms with Crippen LogP contribution in [0, 0.1) is 0 Å². The van der Waals surface area contributed by atoms with E-state index in [-0.39, 0.29) is 4.21 Å². The Balaban J connectivity index is 1.93. The van der Waals surface area contributed by atoms with Crippen molar-refractivity contribution >= 4 is 27.3 Å². The molecule has 0 saturated carbocycles. The summed E-state index contributed by atoms with van der Waals surface area (Å²) in [5, 5.41) is 1.62. The summed E-state index contributed by atoms with van der Waals surface area (Å²) in [5.74, 6) is 0.253. The number of benzene rings is 1. The maximum Gasteiger partial charge on any atom is 0.273 e. The Kier molecular flexibility index (Phi) is 4.81. The van der Waals surface area contributed by atoms with Crippen molar-refractivity contribution in [3.63, 3.8) is 0 Å². The van der Waals surface area contributed by atoms with Gasteiger partial charge in [-0.2, -0.15) is 0 Å². The zero-order chi connectivity index (χ0) is 15.3. The van der Waals surface area contributed by atoms with Crippen molar-refractivity contribution in [2.45, 2.75) is 4.21 Å². The number of sulfonamides is 1. The molecule has 1 aromatic carbocycles. The van der Waals surface area contributed by atoms with Gasteiger partial charge in [-0.3, -0.25) is 4.79 Å². The highest BCUT2D eigenvalue weighted by molar-refractivity contribution is 7.92. The lowest BCUT2D eigenvalue weighted by Gasteiger charge is -2.08. The largest absolute Gasteiger partial charge is 0.497 e. The molecule has 0 aliphatic heterocycles. The SMILES string of the molecule is COc1cccc(OCC(=O)NS(=O)(=O)c2cccs2)c1. The van der Waals surface area contributed by atoms with Crippen LogP contribution >= 0.6 is 11.3 Å². The van der Waals surface area contributed by atoms with Crippen molar-refractivity contribution in [2.75, 3.05) is 13.7 Å². The van der Waals surface area contributed by atoms with Crippen LogP contribution in [0.4, 0.5) is 0 Å². The summed E-state index contributed by atoms with van der Waals surface area (Å²) in [6.45, 7) is -0.405. The van der Waals surface area contributed by atoms with E-state index in [1.807, 2.05) is 4.72 Å². The van der Waals surface area contributed by atoms with E-state index in [0.717, 1.165) is 11.3 Å². The number of nitrogens with one attached hydrogen (secondary N) is 1. The standard InChI is InChI=1S/C13H13NO5S2/c1-18-10-4-2-5-11(8-10)19-9-12(15)14-21(16,17)13-6-3-7-20-13/h2-8H,9H2,1H3,(H,14,15). The Hall–Kier alpha value is -2.06. The number of rotatable bonds is 6. The molecular weight excluding hydrogens is 314 g/mol. The van der Waals surface area contributed by atoms with Crippen molar-refractivity contribution in [3.8, 4) is 11.5 Å². The third kappa shape index (κ3) is 4.20. The van der Waals surface area contributed by atoms with E-state index in [0.29, 0.717) is 11.5 Å². The van der Waals surface area contributed by atoms with Crippen LogP contribution in [0.3, 0.4) is 0 Å². The van der Waals surface area contributed by atoms with E-state index in [2.05, 4.69) is 0 Å². The van der Waals surface area contributed by atoms with Gasteiger partial charge in [-0.15, -0.1) is 11.3 Å². The molecule has 1 aromatic heterocycles. The number of thiophene rings is 1. The third-order valence-corrected chi connectivity index (χ3v) is 5.19. The summed E-state index contributed by atoms with van der Waals surface area (Å²) < 4.78 is 35.9. The molecule has 0 unspecified atom stereocenters. The van der Waals surface area contributed by atoms with E-state index in [9.17, 15) is 13.2 Å². The Morgan fingerprint density at radius 3 is 2.67 bits per heavy atom. The fourth-order valence-electron chi connectivity index (χ4n) is 1.49. The lowest BCUT2D eigenvalue weighted by molar-refractivity contribution is -0.121. The highest BCUT2D eigenvalue weighted by Crippen LogP contribution is 2.19. The molecule has 8 heteroatoms. The molecule has 0 spiro atoms. The molecule has 0 saturated heterocycles. The molecule has 1 heterocycles. The van der Waals surface area contributed by atoms with Gasteiger partial charge in [-0.05, 0) is 23.6 Å². The summed E-state index contributed by atoms with van der Waals surface area (Å²) in [7, 11) is -2.31. The number of ether oxygens (including phenoxy) is 2. The van der Waals surface area contributed by atoms with Gasteiger partial charge in [-0.25, -0.2) is 13.1 Å². The van der Waals surface area contributed by atoms with Crippen molar-refractivity contribution in [1.82, 2.24) is 4.72 Å². The van der Waals surface area contributed by atoms with Crippen LogP contribution in [0.1, 0.15) is 0 Å².